The molecule has 0 bridgehead atoms. The summed E-state index contributed by atoms with van der Waals surface area (Å²) in [4.78, 5) is 35.5. The zero-order valence-electron chi connectivity index (χ0n) is 18.1. The minimum Gasteiger partial charge on any atom is -0.427 e. The second-order valence-electron chi connectivity index (χ2n) is 6.53. The number of benzene rings is 1. The van der Waals surface area contributed by atoms with Crippen molar-refractivity contribution in [1.29, 1.82) is 0 Å². The standard InChI is InChI=1S/C21H30ClNO6.Na/c1-3-5-6-9-19(25)28-20(8-4-2)29-21(26)23-15-7-10-18(24)27-17-13-11-16(22)12-14-17;/h11-14,20H,3-10,15H2,1-2H3,(H,23,26);/q;+1. The minimum atomic E-state index is -0.899. The van der Waals surface area contributed by atoms with Gasteiger partial charge in [-0.15, -0.1) is 0 Å². The number of hydrogen-bond donors (Lipinski definition) is 1. The molecule has 30 heavy (non-hydrogen) atoms. The van der Waals surface area contributed by atoms with Crippen LogP contribution in [0.4, 0.5) is 4.79 Å². The molecular formula is C21H30ClNNaO6+. The van der Waals surface area contributed by atoms with E-state index in [1.54, 1.807) is 24.3 Å². The number of esters is 2. The van der Waals surface area contributed by atoms with E-state index in [2.05, 4.69) is 12.2 Å². The Morgan fingerprint density at radius 3 is 2.23 bits per heavy atom. The zero-order valence-corrected chi connectivity index (χ0v) is 20.8. The Kier molecular flexibility index (Phi) is 16.7. The summed E-state index contributed by atoms with van der Waals surface area (Å²) in [6.45, 7) is 4.19. The molecule has 0 aliphatic carbocycles. The van der Waals surface area contributed by atoms with Crippen LogP contribution in [0.5, 0.6) is 5.75 Å². The fourth-order valence-electron chi connectivity index (χ4n) is 2.37. The first kappa shape index (κ1) is 28.7. The van der Waals surface area contributed by atoms with E-state index in [1.807, 2.05) is 6.92 Å². The largest absolute Gasteiger partial charge is 1.00 e. The number of carbonyl (C=O) groups excluding carboxylic acids is 3. The molecule has 0 heterocycles. The van der Waals surface area contributed by atoms with Gasteiger partial charge >= 0.3 is 47.6 Å². The first-order valence-corrected chi connectivity index (χ1v) is 10.4. The van der Waals surface area contributed by atoms with Crippen LogP contribution in [0, 0.1) is 0 Å². The maximum Gasteiger partial charge on any atom is 1.00 e. The fraction of sp³-hybridized carbons (Fsp3) is 0.571. The molecule has 0 aromatic heterocycles. The van der Waals surface area contributed by atoms with E-state index >= 15 is 0 Å². The molecule has 162 valence electrons. The van der Waals surface area contributed by atoms with E-state index in [4.69, 9.17) is 25.8 Å². The molecule has 0 aliphatic heterocycles. The molecule has 1 unspecified atom stereocenters. The Morgan fingerprint density at radius 2 is 1.60 bits per heavy atom. The third-order valence-electron chi connectivity index (χ3n) is 3.88. The number of nitrogens with one attached hydrogen (secondary N) is 1. The minimum absolute atomic E-state index is 0. The van der Waals surface area contributed by atoms with Gasteiger partial charge in [0.15, 0.2) is 0 Å². The first-order chi connectivity index (χ1) is 13.9. The summed E-state index contributed by atoms with van der Waals surface area (Å²) in [6.07, 6.45) is 3.11. The number of ether oxygens (including phenoxy) is 3. The average Bonchev–Trinajstić information content (AvgIpc) is 2.67. The summed E-state index contributed by atoms with van der Waals surface area (Å²) in [5, 5.41) is 3.10. The van der Waals surface area contributed by atoms with Crippen molar-refractivity contribution in [3.05, 3.63) is 29.3 Å². The van der Waals surface area contributed by atoms with Crippen LogP contribution in [-0.2, 0) is 19.1 Å². The Balaban J connectivity index is 0.00000841. The summed E-state index contributed by atoms with van der Waals surface area (Å²) in [6, 6.07) is 6.47. The topological polar surface area (TPSA) is 90.9 Å². The van der Waals surface area contributed by atoms with E-state index in [0.29, 0.717) is 36.5 Å². The van der Waals surface area contributed by atoms with Crippen LogP contribution in [0.1, 0.15) is 65.2 Å². The Morgan fingerprint density at radius 1 is 0.933 bits per heavy atom. The van der Waals surface area contributed by atoms with Crippen molar-refractivity contribution in [3.63, 3.8) is 0 Å². The molecule has 1 atom stereocenters. The van der Waals surface area contributed by atoms with Gasteiger partial charge in [0.25, 0.3) is 0 Å². The SMILES string of the molecule is CCCCCC(=O)OC(CCC)OC(=O)NCCCC(=O)Oc1ccc(Cl)cc1.[Na+]. The number of halogens is 1. The third kappa shape index (κ3) is 13.9. The summed E-state index contributed by atoms with van der Waals surface area (Å²) < 4.78 is 15.5. The molecular weight excluding hydrogens is 421 g/mol. The van der Waals surface area contributed by atoms with Gasteiger partial charge in [0, 0.05) is 30.8 Å². The molecule has 1 amide bonds. The van der Waals surface area contributed by atoms with Crippen molar-refractivity contribution in [2.24, 2.45) is 0 Å². The van der Waals surface area contributed by atoms with Crippen LogP contribution >= 0.6 is 11.6 Å². The van der Waals surface area contributed by atoms with Crippen LogP contribution < -0.4 is 39.6 Å². The van der Waals surface area contributed by atoms with E-state index in [-0.39, 0.29) is 48.5 Å². The molecule has 0 radical (unpaired) electrons. The molecule has 7 nitrogen and oxygen atoms in total. The monoisotopic (exact) mass is 450 g/mol. The van der Waals surface area contributed by atoms with Crippen LogP contribution in [0.25, 0.3) is 0 Å². The molecule has 0 saturated heterocycles. The van der Waals surface area contributed by atoms with Gasteiger partial charge in [-0.3, -0.25) is 9.59 Å². The molecule has 0 fully saturated rings. The molecule has 0 saturated carbocycles. The maximum atomic E-state index is 11.9. The molecule has 1 aromatic rings. The molecule has 0 spiro atoms. The third-order valence-corrected chi connectivity index (χ3v) is 4.13. The van der Waals surface area contributed by atoms with E-state index in [0.717, 1.165) is 19.3 Å². The number of carbonyl (C=O) groups is 3. The van der Waals surface area contributed by atoms with Crippen LogP contribution in [-0.4, -0.2) is 30.9 Å². The van der Waals surface area contributed by atoms with Gasteiger partial charge in [0.1, 0.15) is 5.75 Å². The van der Waals surface area contributed by atoms with E-state index in [1.165, 1.54) is 0 Å². The molecule has 0 aliphatic rings. The quantitative estimate of drug-likeness (QED) is 0.162. The molecule has 1 rings (SSSR count). The van der Waals surface area contributed by atoms with Gasteiger partial charge in [0.2, 0.25) is 6.29 Å². The normalized spacial score (nSPS) is 11.0. The summed E-state index contributed by atoms with van der Waals surface area (Å²) >= 11 is 5.77. The molecule has 9 heteroatoms. The molecule has 1 aromatic carbocycles. The van der Waals surface area contributed by atoms with Crippen LogP contribution in [0.2, 0.25) is 5.02 Å². The van der Waals surface area contributed by atoms with Crippen molar-refractivity contribution in [2.75, 3.05) is 6.54 Å². The number of rotatable bonds is 13. The van der Waals surface area contributed by atoms with Gasteiger partial charge < -0.3 is 19.5 Å². The average molecular weight is 451 g/mol. The van der Waals surface area contributed by atoms with Gasteiger partial charge in [-0.05, 0) is 43.5 Å². The van der Waals surface area contributed by atoms with Gasteiger partial charge in [-0.25, -0.2) is 4.79 Å². The smallest absolute Gasteiger partial charge is 0.427 e. The Labute approximate surface area is 205 Å². The second-order valence-corrected chi connectivity index (χ2v) is 6.97. The second kappa shape index (κ2) is 17.4. The van der Waals surface area contributed by atoms with Gasteiger partial charge in [0.05, 0.1) is 0 Å². The van der Waals surface area contributed by atoms with Crippen molar-refractivity contribution < 1.29 is 58.2 Å². The Hall–Kier alpha value is -1.28. The van der Waals surface area contributed by atoms with E-state index in [9.17, 15) is 14.4 Å². The number of alkyl carbamates (subject to hydrolysis) is 1. The van der Waals surface area contributed by atoms with Gasteiger partial charge in [-0.2, -0.15) is 0 Å². The number of amides is 1. The van der Waals surface area contributed by atoms with Crippen LogP contribution in [0.3, 0.4) is 0 Å². The first-order valence-electron chi connectivity index (χ1n) is 10.0. The maximum absolute atomic E-state index is 11.9. The van der Waals surface area contributed by atoms with Gasteiger partial charge in [-0.1, -0.05) is 38.3 Å². The van der Waals surface area contributed by atoms with Crippen molar-refractivity contribution >= 4 is 29.6 Å². The zero-order chi connectivity index (χ0) is 21.5. The van der Waals surface area contributed by atoms with Crippen molar-refractivity contribution in [1.82, 2.24) is 5.32 Å². The summed E-state index contributed by atoms with van der Waals surface area (Å²) in [5.41, 5.74) is 0. The number of unbranched alkanes of at least 4 members (excludes halogenated alkanes) is 2. The predicted molar refractivity (Wildman–Crippen MR) is 110 cm³/mol. The number of hydrogen-bond acceptors (Lipinski definition) is 6. The predicted octanol–water partition coefficient (Wildman–Crippen LogP) is 2.01. The van der Waals surface area contributed by atoms with Crippen molar-refractivity contribution in [3.8, 4) is 5.75 Å². The fourth-order valence-corrected chi connectivity index (χ4v) is 2.50. The summed E-state index contributed by atoms with van der Waals surface area (Å²) in [7, 11) is 0. The summed E-state index contributed by atoms with van der Waals surface area (Å²) in [5.74, 6) is -0.364. The van der Waals surface area contributed by atoms with Crippen LogP contribution in [0.15, 0.2) is 24.3 Å². The molecule has 1 N–H and O–H groups in total. The van der Waals surface area contributed by atoms with E-state index < -0.39 is 18.4 Å². The van der Waals surface area contributed by atoms with Crippen molar-refractivity contribution in [2.45, 2.75) is 71.5 Å². The Bertz CT molecular complexity index is 641.